The van der Waals surface area contributed by atoms with Crippen molar-refractivity contribution in [2.24, 2.45) is 5.92 Å². The van der Waals surface area contributed by atoms with E-state index in [2.05, 4.69) is 33.0 Å². The highest BCUT2D eigenvalue weighted by molar-refractivity contribution is 6.30. The molecular weight excluding hydrogens is 237 g/mol. The molecule has 0 fully saturated rings. The van der Waals surface area contributed by atoms with Gasteiger partial charge in [-0.1, -0.05) is 44.5 Å². The summed E-state index contributed by atoms with van der Waals surface area (Å²) < 4.78 is 13.7. The maximum Gasteiger partial charge on any atom is 0.144 e. The van der Waals surface area contributed by atoms with Crippen LogP contribution < -0.4 is 5.32 Å². The van der Waals surface area contributed by atoms with Gasteiger partial charge in [-0.25, -0.2) is 4.39 Å². The second kappa shape index (κ2) is 6.36. The zero-order valence-electron chi connectivity index (χ0n) is 10.9. The summed E-state index contributed by atoms with van der Waals surface area (Å²) in [4.78, 5) is 0. The second-order valence-corrected chi connectivity index (χ2v) is 5.41. The van der Waals surface area contributed by atoms with E-state index in [1.807, 2.05) is 0 Å². The van der Waals surface area contributed by atoms with Crippen LogP contribution in [0.15, 0.2) is 18.2 Å². The van der Waals surface area contributed by atoms with Crippen LogP contribution in [0.5, 0.6) is 0 Å². The van der Waals surface area contributed by atoms with Crippen LogP contribution in [0.2, 0.25) is 5.02 Å². The average Bonchev–Trinajstić information content (AvgIpc) is 2.23. The van der Waals surface area contributed by atoms with Gasteiger partial charge in [0.25, 0.3) is 0 Å². The van der Waals surface area contributed by atoms with Crippen molar-refractivity contribution in [1.82, 2.24) is 5.32 Å². The average molecular weight is 258 g/mol. The van der Waals surface area contributed by atoms with Crippen molar-refractivity contribution in [3.63, 3.8) is 0 Å². The van der Waals surface area contributed by atoms with E-state index >= 15 is 0 Å². The molecule has 1 rings (SSSR count). The minimum atomic E-state index is -0.280. The van der Waals surface area contributed by atoms with Crippen LogP contribution in [0.1, 0.15) is 33.3 Å². The van der Waals surface area contributed by atoms with E-state index in [0.29, 0.717) is 30.0 Å². The van der Waals surface area contributed by atoms with Gasteiger partial charge in [-0.15, -0.1) is 0 Å². The first-order valence-electron chi connectivity index (χ1n) is 6.10. The van der Waals surface area contributed by atoms with Crippen molar-refractivity contribution in [2.45, 2.75) is 46.2 Å². The molecule has 0 radical (unpaired) electrons. The summed E-state index contributed by atoms with van der Waals surface area (Å²) in [5.74, 6) is 0.0862. The van der Waals surface area contributed by atoms with Crippen molar-refractivity contribution in [2.75, 3.05) is 0 Å². The molecule has 3 heteroatoms. The van der Waals surface area contributed by atoms with Gasteiger partial charge in [0, 0.05) is 12.1 Å². The Hall–Kier alpha value is -0.600. The van der Waals surface area contributed by atoms with Gasteiger partial charge in [-0.3, -0.25) is 0 Å². The molecule has 0 saturated carbocycles. The predicted octanol–water partition coefficient (Wildman–Crippen LogP) is 4.04. The Labute approximate surface area is 108 Å². The van der Waals surface area contributed by atoms with Gasteiger partial charge >= 0.3 is 0 Å². The van der Waals surface area contributed by atoms with E-state index in [-0.39, 0.29) is 10.8 Å². The fourth-order valence-corrected chi connectivity index (χ4v) is 2.11. The molecule has 0 amide bonds. The summed E-state index contributed by atoms with van der Waals surface area (Å²) in [6, 6.07) is 5.99. The normalized spacial score (nSPS) is 15.0. The minimum Gasteiger partial charge on any atom is -0.312 e. The van der Waals surface area contributed by atoms with E-state index in [1.54, 1.807) is 18.2 Å². The number of rotatable bonds is 5. The van der Waals surface area contributed by atoms with Gasteiger partial charge in [0.2, 0.25) is 0 Å². The monoisotopic (exact) mass is 257 g/mol. The third kappa shape index (κ3) is 4.29. The Morgan fingerprint density at radius 1 is 1.24 bits per heavy atom. The first-order chi connectivity index (χ1) is 7.91. The van der Waals surface area contributed by atoms with E-state index in [1.165, 1.54) is 0 Å². The molecule has 2 atom stereocenters. The highest BCUT2D eigenvalue weighted by Gasteiger charge is 2.16. The fraction of sp³-hybridized carbons (Fsp3) is 0.571. The fourth-order valence-electron chi connectivity index (χ4n) is 1.92. The smallest absolute Gasteiger partial charge is 0.144 e. The Bertz CT molecular complexity index is 365. The summed E-state index contributed by atoms with van der Waals surface area (Å²) in [6.45, 7) is 8.49. The maximum atomic E-state index is 13.7. The summed E-state index contributed by atoms with van der Waals surface area (Å²) in [6.07, 6.45) is 0.702. The Kier molecular flexibility index (Phi) is 5.41. The van der Waals surface area contributed by atoms with Gasteiger partial charge in [-0.2, -0.15) is 0 Å². The maximum absolute atomic E-state index is 13.7. The van der Waals surface area contributed by atoms with E-state index in [0.717, 1.165) is 0 Å². The highest BCUT2D eigenvalue weighted by atomic mass is 35.5. The van der Waals surface area contributed by atoms with Crippen LogP contribution in [0, 0.1) is 11.7 Å². The molecule has 1 N–H and O–H groups in total. The van der Waals surface area contributed by atoms with Gasteiger partial charge in [-0.05, 0) is 30.9 Å². The highest BCUT2D eigenvalue weighted by Crippen LogP contribution is 2.21. The van der Waals surface area contributed by atoms with Crippen LogP contribution in [-0.4, -0.2) is 12.1 Å². The Morgan fingerprint density at radius 2 is 1.88 bits per heavy atom. The molecule has 0 saturated heterocycles. The lowest BCUT2D eigenvalue weighted by atomic mass is 9.94. The number of hydrogen-bond acceptors (Lipinski definition) is 1. The number of halogens is 2. The molecule has 0 aliphatic rings. The summed E-state index contributed by atoms with van der Waals surface area (Å²) >= 11 is 5.77. The predicted molar refractivity (Wildman–Crippen MR) is 72.0 cm³/mol. The lowest BCUT2D eigenvalue weighted by molar-refractivity contribution is 0.368. The van der Waals surface area contributed by atoms with Crippen LogP contribution in [0.3, 0.4) is 0 Å². The third-order valence-corrected chi connectivity index (χ3v) is 3.32. The Balaban J connectivity index is 2.67. The van der Waals surface area contributed by atoms with Crippen molar-refractivity contribution >= 4 is 11.6 Å². The summed E-state index contributed by atoms with van der Waals surface area (Å²) in [5.41, 5.74) is 0.697. The van der Waals surface area contributed by atoms with Gasteiger partial charge in [0.05, 0.1) is 5.02 Å². The van der Waals surface area contributed by atoms with Crippen LogP contribution in [0.25, 0.3) is 0 Å². The molecule has 1 aromatic rings. The van der Waals surface area contributed by atoms with Crippen molar-refractivity contribution in [3.05, 3.63) is 34.6 Å². The van der Waals surface area contributed by atoms with E-state index in [4.69, 9.17) is 11.6 Å². The zero-order chi connectivity index (χ0) is 13.0. The first-order valence-corrected chi connectivity index (χ1v) is 6.48. The molecule has 0 spiro atoms. The number of nitrogens with one attached hydrogen (secondary N) is 1. The van der Waals surface area contributed by atoms with E-state index < -0.39 is 0 Å². The van der Waals surface area contributed by atoms with E-state index in [9.17, 15) is 4.39 Å². The SMILES string of the molecule is CC(C)NC(C)C(C)Cc1cccc(Cl)c1F. The van der Waals surface area contributed by atoms with Crippen LogP contribution >= 0.6 is 11.6 Å². The first kappa shape index (κ1) is 14.5. The molecule has 1 aromatic carbocycles. The van der Waals surface area contributed by atoms with Crippen LogP contribution in [-0.2, 0) is 6.42 Å². The molecule has 2 unspecified atom stereocenters. The molecule has 0 aliphatic carbocycles. The van der Waals surface area contributed by atoms with Gasteiger partial charge in [0.15, 0.2) is 0 Å². The van der Waals surface area contributed by atoms with Crippen LogP contribution in [0.4, 0.5) is 4.39 Å². The molecular formula is C14H21ClFN. The summed E-state index contributed by atoms with van der Waals surface area (Å²) in [5, 5.41) is 3.65. The minimum absolute atomic E-state index is 0.208. The second-order valence-electron chi connectivity index (χ2n) is 5.00. The van der Waals surface area contributed by atoms with Gasteiger partial charge in [0.1, 0.15) is 5.82 Å². The molecule has 17 heavy (non-hydrogen) atoms. The van der Waals surface area contributed by atoms with Crippen molar-refractivity contribution < 1.29 is 4.39 Å². The van der Waals surface area contributed by atoms with Gasteiger partial charge < -0.3 is 5.32 Å². The molecule has 1 nitrogen and oxygen atoms in total. The summed E-state index contributed by atoms with van der Waals surface area (Å²) in [7, 11) is 0. The topological polar surface area (TPSA) is 12.0 Å². The number of hydrogen-bond donors (Lipinski definition) is 1. The third-order valence-electron chi connectivity index (χ3n) is 3.02. The lowest BCUT2D eigenvalue weighted by Crippen LogP contribution is -2.37. The molecule has 0 heterocycles. The van der Waals surface area contributed by atoms with Crippen molar-refractivity contribution in [1.29, 1.82) is 0 Å². The number of benzene rings is 1. The molecule has 0 aliphatic heterocycles. The zero-order valence-corrected chi connectivity index (χ0v) is 11.7. The largest absolute Gasteiger partial charge is 0.312 e. The lowest BCUT2D eigenvalue weighted by Gasteiger charge is -2.23. The molecule has 96 valence electrons. The van der Waals surface area contributed by atoms with Crippen molar-refractivity contribution in [3.8, 4) is 0 Å². The quantitative estimate of drug-likeness (QED) is 0.839. The molecule has 0 bridgehead atoms. The Morgan fingerprint density at radius 3 is 2.47 bits per heavy atom. The molecule has 0 aromatic heterocycles. The standard InChI is InChI=1S/C14H21ClFN/c1-9(2)17-11(4)10(3)8-12-6-5-7-13(15)14(12)16/h5-7,9-11,17H,8H2,1-4H3.